The lowest BCUT2D eigenvalue weighted by molar-refractivity contribution is 0.0906. The summed E-state index contributed by atoms with van der Waals surface area (Å²) in [6.07, 6.45) is 0. The highest BCUT2D eigenvalue weighted by Crippen LogP contribution is 2.10. The molecule has 0 aliphatic carbocycles. The summed E-state index contributed by atoms with van der Waals surface area (Å²) in [6.45, 7) is 6.65. The number of hydrogen-bond donors (Lipinski definition) is 0. The number of nitrogens with zero attached hydrogens (tertiary/aromatic N) is 1. The van der Waals surface area contributed by atoms with E-state index in [0.717, 1.165) is 0 Å². The largest absolute Gasteiger partial charge is 0.296 e. The molecule has 0 N–H and O–H groups in total. The van der Waals surface area contributed by atoms with Gasteiger partial charge in [-0.2, -0.15) is 0 Å². The van der Waals surface area contributed by atoms with Crippen LogP contribution in [0.25, 0.3) is 0 Å². The van der Waals surface area contributed by atoms with Crippen LogP contribution < -0.4 is 0 Å². The third-order valence-corrected chi connectivity index (χ3v) is 3.20. The molecule has 94 valence electrons. The van der Waals surface area contributed by atoms with E-state index in [1.165, 1.54) is 12.1 Å². The Hall–Kier alpha value is -1.22. The molecule has 0 saturated heterocycles. The lowest BCUT2D eigenvalue weighted by Gasteiger charge is -2.27. The second-order valence-electron chi connectivity index (χ2n) is 4.83. The molecular weight excluding hydrogens is 217 g/mol. The zero-order valence-electron chi connectivity index (χ0n) is 10.9. The molecule has 17 heavy (non-hydrogen) atoms. The standard InChI is InChI=1S/C14H20FNO/c1-10(2)11(3)16(4)9-14(17)12-6-5-7-13(15)8-12/h5-8,10-11H,9H2,1-4H3. The van der Waals surface area contributed by atoms with E-state index in [9.17, 15) is 9.18 Å². The van der Waals surface area contributed by atoms with Crippen molar-refractivity contribution in [1.29, 1.82) is 0 Å². The van der Waals surface area contributed by atoms with Crippen molar-refractivity contribution >= 4 is 5.78 Å². The first-order valence-electron chi connectivity index (χ1n) is 5.91. The summed E-state index contributed by atoms with van der Waals surface area (Å²) in [5.41, 5.74) is 0.438. The Bertz CT molecular complexity index is 390. The van der Waals surface area contributed by atoms with E-state index in [0.29, 0.717) is 24.1 Å². The van der Waals surface area contributed by atoms with Crippen LogP contribution in [0.5, 0.6) is 0 Å². The first-order valence-corrected chi connectivity index (χ1v) is 5.91. The molecule has 1 rings (SSSR count). The average molecular weight is 237 g/mol. The molecule has 0 bridgehead atoms. The van der Waals surface area contributed by atoms with Crippen molar-refractivity contribution in [2.24, 2.45) is 5.92 Å². The van der Waals surface area contributed by atoms with Crippen LogP contribution in [0.2, 0.25) is 0 Å². The van der Waals surface area contributed by atoms with Gasteiger partial charge in [0.15, 0.2) is 5.78 Å². The SMILES string of the molecule is CC(C)C(C)N(C)CC(=O)c1cccc(F)c1. The minimum atomic E-state index is -0.365. The second-order valence-corrected chi connectivity index (χ2v) is 4.83. The Morgan fingerprint density at radius 1 is 1.35 bits per heavy atom. The Morgan fingerprint density at radius 2 is 2.00 bits per heavy atom. The number of hydrogen-bond acceptors (Lipinski definition) is 2. The van der Waals surface area contributed by atoms with Gasteiger partial charge in [0, 0.05) is 11.6 Å². The molecule has 0 amide bonds. The Kier molecular flexibility index (Phi) is 4.82. The van der Waals surface area contributed by atoms with E-state index in [1.54, 1.807) is 12.1 Å². The molecule has 0 aliphatic rings. The third kappa shape index (κ3) is 3.93. The van der Waals surface area contributed by atoms with Gasteiger partial charge in [-0.3, -0.25) is 9.69 Å². The normalized spacial score (nSPS) is 13.1. The minimum Gasteiger partial charge on any atom is -0.296 e. The van der Waals surface area contributed by atoms with E-state index in [2.05, 4.69) is 20.8 Å². The van der Waals surface area contributed by atoms with Gasteiger partial charge in [-0.25, -0.2) is 4.39 Å². The molecule has 0 aliphatic heterocycles. The second kappa shape index (κ2) is 5.92. The molecule has 1 atom stereocenters. The van der Waals surface area contributed by atoms with Gasteiger partial charge in [0.2, 0.25) is 0 Å². The van der Waals surface area contributed by atoms with Crippen LogP contribution in [-0.2, 0) is 0 Å². The molecule has 3 heteroatoms. The number of halogens is 1. The first kappa shape index (κ1) is 13.8. The molecule has 0 saturated carbocycles. The number of ketones is 1. The smallest absolute Gasteiger partial charge is 0.176 e. The molecule has 1 unspecified atom stereocenters. The van der Waals surface area contributed by atoms with Gasteiger partial charge in [0.1, 0.15) is 5.82 Å². The van der Waals surface area contributed by atoms with E-state index >= 15 is 0 Å². The van der Waals surface area contributed by atoms with Crippen LogP contribution in [-0.4, -0.2) is 30.3 Å². The summed E-state index contributed by atoms with van der Waals surface area (Å²) < 4.78 is 13.0. The number of carbonyl (C=O) groups excluding carboxylic acids is 1. The van der Waals surface area contributed by atoms with Crippen molar-refractivity contribution in [3.05, 3.63) is 35.6 Å². The van der Waals surface area contributed by atoms with Crippen molar-refractivity contribution in [1.82, 2.24) is 4.90 Å². The number of likely N-dealkylation sites (N-methyl/N-ethyl adjacent to an activating group) is 1. The highest BCUT2D eigenvalue weighted by Gasteiger charge is 2.16. The molecule has 0 aromatic heterocycles. The van der Waals surface area contributed by atoms with E-state index in [-0.39, 0.29) is 11.6 Å². The quantitative estimate of drug-likeness (QED) is 0.734. The molecule has 0 fully saturated rings. The van der Waals surface area contributed by atoms with Crippen LogP contribution in [0.3, 0.4) is 0 Å². The summed E-state index contributed by atoms with van der Waals surface area (Å²) in [7, 11) is 1.92. The van der Waals surface area contributed by atoms with Gasteiger partial charge in [-0.15, -0.1) is 0 Å². The summed E-state index contributed by atoms with van der Waals surface area (Å²) >= 11 is 0. The van der Waals surface area contributed by atoms with Crippen LogP contribution >= 0.6 is 0 Å². The first-order chi connectivity index (χ1) is 7.91. The van der Waals surface area contributed by atoms with Gasteiger partial charge in [0.05, 0.1) is 6.54 Å². The molecule has 0 radical (unpaired) electrons. The Labute approximate surface area is 102 Å². The average Bonchev–Trinajstić information content (AvgIpc) is 2.27. The van der Waals surface area contributed by atoms with Gasteiger partial charge in [0.25, 0.3) is 0 Å². The van der Waals surface area contributed by atoms with Crippen molar-refractivity contribution in [3.63, 3.8) is 0 Å². The molecule has 0 spiro atoms. The molecule has 0 heterocycles. The number of Topliss-reactive ketones (excluding diaryl/α,β-unsaturated/α-hetero) is 1. The van der Waals surface area contributed by atoms with Gasteiger partial charge in [-0.1, -0.05) is 26.0 Å². The predicted octanol–water partition coefficient (Wildman–Crippen LogP) is 2.98. The Balaban J connectivity index is 2.67. The van der Waals surface area contributed by atoms with Gasteiger partial charge >= 0.3 is 0 Å². The van der Waals surface area contributed by atoms with Crippen LogP contribution in [0.1, 0.15) is 31.1 Å². The lowest BCUT2D eigenvalue weighted by Crippen LogP contribution is -2.37. The monoisotopic (exact) mass is 237 g/mol. The zero-order valence-corrected chi connectivity index (χ0v) is 10.9. The molecular formula is C14H20FNO. The lowest BCUT2D eigenvalue weighted by atomic mass is 10.0. The minimum absolute atomic E-state index is 0.0421. The third-order valence-electron chi connectivity index (χ3n) is 3.20. The number of carbonyl (C=O) groups is 1. The highest BCUT2D eigenvalue weighted by molar-refractivity contribution is 5.97. The van der Waals surface area contributed by atoms with Crippen molar-refractivity contribution in [2.75, 3.05) is 13.6 Å². The fraction of sp³-hybridized carbons (Fsp3) is 0.500. The van der Waals surface area contributed by atoms with Crippen LogP contribution in [0.15, 0.2) is 24.3 Å². The van der Waals surface area contributed by atoms with Gasteiger partial charge in [-0.05, 0) is 32.0 Å². The van der Waals surface area contributed by atoms with Crippen molar-refractivity contribution in [3.8, 4) is 0 Å². The molecule has 2 nitrogen and oxygen atoms in total. The fourth-order valence-corrected chi connectivity index (χ4v) is 1.63. The fourth-order valence-electron chi connectivity index (χ4n) is 1.63. The number of rotatable bonds is 5. The van der Waals surface area contributed by atoms with E-state index < -0.39 is 0 Å². The van der Waals surface area contributed by atoms with Gasteiger partial charge < -0.3 is 0 Å². The van der Waals surface area contributed by atoms with Crippen molar-refractivity contribution in [2.45, 2.75) is 26.8 Å². The maximum atomic E-state index is 13.0. The highest BCUT2D eigenvalue weighted by atomic mass is 19.1. The van der Waals surface area contributed by atoms with Crippen molar-refractivity contribution < 1.29 is 9.18 Å². The molecule has 1 aromatic rings. The number of benzene rings is 1. The zero-order chi connectivity index (χ0) is 13.0. The van der Waals surface area contributed by atoms with Crippen LogP contribution in [0, 0.1) is 11.7 Å². The summed E-state index contributed by atoms with van der Waals surface area (Å²) in [5, 5.41) is 0. The Morgan fingerprint density at radius 3 is 2.53 bits per heavy atom. The molecule has 1 aromatic carbocycles. The topological polar surface area (TPSA) is 20.3 Å². The predicted molar refractivity (Wildman–Crippen MR) is 67.7 cm³/mol. The maximum absolute atomic E-state index is 13.0. The van der Waals surface area contributed by atoms with E-state index in [4.69, 9.17) is 0 Å². The summed E-state index contributed by atoms with van der Waals surface area (Å²) in [5.74, 6) is 0.0789. The van der Waals surface area contributed by atoms with E-state index in [1.807, 2.05) is 11.9 Å². The summed E-state index contributed by atoms with van der Waals surface area (Å²) in [4.78, 5) is 13.9. The van der Waals surface area contributed by atoms with Crippen LogP contribution in [0.4, 0.5) is 4.39 Å². The maximum Gasteiger partial charge on any atom is 0.176 e. The summed E-state index contributed by atoms with van der Waals surface area (Å²) in [6, 6.07) is 6.17.